The summed E-state index contributed by atoms with van der Waals surface area (Å²) in [6.07, 6.45) is 1.11. The third-order valence-electron chi connectivity index (χ3n) is 3.72. The molecule has 2 heteroatoms. The predicted molar refractivity (Wildman–Crippen MR) is 87.3 cm³/mol. The Morgan fingerprint density at radius 3 is 2.05 bits per heavy atom. The van der Waals surface area contributed by atoms with Crippen molar-refractivity contribution in [1.82, 2.24) is 0 Å². The van der Waals surface area contributed by atoms with Crippen LogP contribution in [-0.4, -0.2) is 14.2 Å². The summed E-state index contributed by atoms with van der Waals surface area (Å²) in [5.41, 5.74) is 2.62. The third-order valence-corrected chi connectivity index (χ3v) is 3.72. The highest BCUT2D eigenvalue weighted by Gasteiger charge is 2.17. The van der Waals surface area contributed by atoms with Crippen LogP contribution in [0.1, 0.15) is 37.3 Å². The highest BCUT2D eigenvalue weighted by molar-refractivity contribution is 5.46. The number of hydrogen-bond donors (Lipinski definition) is 0. The molecule has 1 atom stereocenters. The molecule has 0 aliphatic rings. The fraction of sp³-hybridized carbons (Fsp3) is 0.368. The van der Waals surface area contributed by atoms with Crippen molar-refractivity contribution in [1.29, 1.82) is 0 Å². The van der Waals surface area contributed by atoms with Crippen molar-refractivity contribution >= 4 is 0 Å². The molecule has 0 saturated carbocycles. The zero-order valence-electron chi connectivity index (χ0n) is 13.3. The highest BCUT2D eigenvalue weighted by Crippen LogP contribution is 2.36. The van der Waals surface area contributed by atoms with Gasteiger partial charge in [0.25, 0.3) is 0 Å². The van der Waals surface area contributed by atoms with Gasteiger partial charge in [0.05, 0.1) is 14.2 Å². The number of ether oxygens (including phenoxy) is 2. The van der Waals surface area contributed by atoms with E-state index in [2.05, 4.69) is 56.3 Å². The maximum Gasteiger partial charge on any atom is 0.161 e. The second kappa shape index (κ2) is 7.16. The zero-order valence-corrected chi connectivity index (χ0v) is 13.3. The van der Waals surface area contributed by atoms with Crippen LogP contribution in [0, 0.1) is 5.92 Å². The number of rotatable bonds is 6. The van der Waals surface area contributed by atoms with Gasteiger partial charge < -0.3 is 9.47 Å². The summed E-state index contributed by atoms with van der Waals surface area (Å²) in [5, 5.41) is 0. The quantitative estimate of drug-likeness (QED) is 0.752. The fourth-order valence-corrected chi connectivity index (χ4v) is 2.69. The molecule has 2 aromatic carbocycles. The molecule has 0 aliphatic carbocycles. The molecule has 0 bridgehead atoms. The Labute approximate surface area is 127 Å². The van der Waals surface area contributed by atoms with Gasteiger partial charge in [0, 0.05) is 5.92 Å². The van der Waals surface area contributed by atoms with E-state index in [0.29, 0.717) is 11.8 Å². The van der Waals surface area contributed by atoms with E-state index in [9.17, 15) is 0 Å². The first-order valence-electron chi connectivity index (χ1n) is 7.42. The van der Waals surface area contributed by atoms with Crippen molar-refractivity contribution in [2.24, 2.45) is 5.92 Å². The molecule has 0 spiro atoms. The molecule has 0 saturated heterocycles. The second-order valence-corrected chi connectivity index (χ2v) is 5.71. The Morgan fingerprint density at radius 1 is 0.810 bits per heavy atom. The molecule has 2 rings (SSSR count). The number of methoxy groups -OCH3 is 2. The molecule has 0 fully saturated rings. The topological polar surface area (TPSA) is 18.5 Å². The average Bonchev–Trinajstić information content (AvgIpc) is 2.52. The first kappa shape index (κ1) is 15.4. The molecule has 0 radical (unpaired) electrons. The summed E-state index contributed by atoms with van der Waals surface area (Å²) in [6, 6.07) is 16.9. The molecule has 0 N–H and O–H groups in total. The van der Waals surface area contributed by atoms with Crippen LogP contribution in [0.5, 0.6) is 11.5 Å². The Hall–Kier alpha value is -1.96. The van der Waals surface area contributed by atoms with Gasteiger partial charge in [-0.05, 0) is 35.6 Å². The zero-order chi connectivity index (χ0) is 15.2. The van der Waals surface area contributed by atoms with E-state index < -0.39 is 0 Å². The molecule has 0 heterocycles. The first-order chi connectivity index (χ1) is 10.2. The molecule has 2 aromatic rings. The molecule has 0 aromatic heterocycles. The molecular formula is C19H24O2. The van der Waals surface area contributed by atoms with Crippen molar-refractivity contribution in [3.8, 4) is 11.5 Å². The van der Waals surface area contributed by atoms with Crippen molar-refractivity contribution in [3.05, 3.63) is 59.7 Å². The minimum absolute atomic E-state index is 0.381. The summed E-state index contributed by atoms with van der Waals surface area (Å²) in [4.78, 5) is 0. The van der Waals surface area contributed by atoms with Crippen LogP contribution >= 0.6 is 0 Å². The van der Waals surface area contributed by atoms with Crippen molar-refractivity contribution in [2.45, 2.75) is 26.2 Å². The van der Waals surface area contributed by atoms with Crippen LogP contribution in [0.15, 0.2) is 48.5 Å². The summed E-state index contributed by atoms with van der Waals surface area (Å²) < 4.78 is 10.8. The fourth-order valence-electron chi connectivity index (χ4n) is 2.69. The van der Waals surface area contributed by atoms with Crippen LogP contribution in [0.2, 0.25) is 0 Å². The lowest BCUT2D eigenvalue weighted by molar-refractivity contribution is 0.354. The van der Waals surface area contributed by atoms with Crippen LogP contribution in [0.4, 0.5) is 0 Å². The molecule has 0 amide bonds. The molecular weight excluding hydrogens is 260 g/mol. The SMILES string of the molecule is COc1ccc(C(CC(C)C)c2ccccc2)cc1OC. The van der Waals surface area contributed by atoms with E-state index in [-0.39, 0.29) is 0 Å². The van der Waals surface area contributed by atoms with Crippen LogP contribution in [0.25, 0.3) is 0 Å². The Balaban J connectivity index is 2.41. The smallest absolute Gasteiger partial charge is 0.161 e. The molecule has 0 aliphatic heterocycles. The normalized spacial score (nSPS) is 12.2. The Bertz CT molecular complexity index is 561. The summed E-state index contributed by atoms with van der Waals surface area (Å²) in [5.74, 6) is 2.58. The lowest BCUT2D eigenvalue weighted by Gasteiger charge is -2.21. The van der Waals surface area contributed by atoms with Gasteiger partial charge in [-0.15, -0.1) is 0 Å². The molecule has 21 heavy (non-hydrogen) atoms. The summed E-state index contributed by atoms with van der Waals surface area (Å²) >= 11 is 0. The lowest BCUT2D eigenvalue weighted by Crippen LogP contribution is -2.05. The number of benzene rings is 2. The maximum absolute atomic E-state index is 5.44. The van der Waals surface area contributed by atoms with E-state index in [1.807, 2.05) is 6.07 Å². The molecule has 1 unspecified atom stereocenters. The largest absolute Gasteiger partial charge is 0.493 e. The predicted octanol–water partition coefficient (Wildman–Crippen LogP) is 4.88. The van der Waals surface area contributed by atoms with Gasteiger partial charge in [-0.1, -0.05) is 50.2 Å². The van der Waals surface area contributed by atoms with Crippen molar-refractivity contribution in [2.75, 3.05) is 14.2 Å². The summed E-state index contributed by atoms with van der Waals surface area (Å²) in [6.45, 7) is 4.52. The van der Waals surface area contributed by atoms with Gasteiger partial charge in [0.15, 0.2) is 11.5 Å². The van der Waals surface area contributed by atoms with Gasteiger partial charge in [-0.25, -0.2) is 0 Å². The van der Waals surface area contributed by atoms with E-state index in [1.165, 1.54) is 11.1 Å². The van der Waals surface area contributed by atoms with E-state index in [0.717, 1.165) is 17.9 Å². The Kier molecular flexibility index (Phi) is 5.26. The average molecular weight is 284 g/mol. The van der Waals surface area contributed by atoms with Crippen LogP contribution in [-0.2, 0) is 0 Å². The van der Waals surface area contributed by atoms with Gasteiger partial charge in [-0.3, -0.25) is 0 Å². The molecule has 112 valence electrons. The highest BCUT2D eigenvalue weighted by atomic mass is 16.5. The van der Waals surface area contributed by atoms with Crippen LogP contribution < -0.4 is 9.47 Å². The minimum Gasteiger partial charge on any atom is -0.493 e. The minimum atomic E-state index is 0.381. The first-order valence-corrected chi connectivity index (χ1v) is 7.42. The van der Waals surface area contributed by atoms with E-state index >= 15 is 0 Å². The third kappa shape index (κ3) is 3.78. The molecule has 2 nitrogen and oxygen atoms in total. The summed E-state index contributed by atoms with van der Waals surface area (Å²) in [7, 11) is 3.35. The van der Waals surface area contributed by atoms with E-state index in [1.54, 1.807) is 14.2 Å². The lowest BCUT2D eigenvalue weighted by atomic mass is 9.84. The maximum atomic E-state index is 5.44. The van der Waals surface area contributed by atoms with Gasteiger partial charge in [0.1, 0.15) is 0 Å². The van der Waals surface area contributed by atoms with E-state index in [4.69, 9.17) is 9.47 Å². The monoisotopic (exact) mass is 284 g/mol. The van der Waals surface area contributed by atoms with Crippen LogP contribution in [0.3, 0.4) is 0 Å². The van der Waals surface area contributed by atoms with Gasteiger partial charge >= 0.3 is 0 Å². The van der Waals surface area contributed by atoms with Crippen molar-refractivity contribution < 1.29 is 9.47 Å². The second-order valence-electron chi connectivity index (χ2n) is 5.71. The Morgan fingerprint density at radius 2 is 1.48 bits per heavy atom. The van der Waals surface area contributed by atoms with Crippen molar-refractivity contribution in [3.63, 3.8) is 0 Å². The van der Waals surface area contributed by atoms with Gasteiger partial charge in [0.2, 0.25) is 0 Å². The van der Waals surface area contributed by atoms with Gasteiger partial charge in [-0.2, -0.15) is 0 Å². The number of hydrogen-bond acceptors (Lipinski definition) is 2. The standard InChI is InChI=1S/C19H24O2/c1-14(2)12-17(15-8-6-5-7-9-15)16-10-11-18(20-3)19(13-16)21-4/h5-11,13-14,17H,12H2,1-4H3.